The van der Waals surface area contributed by atoms with Gasteiger partial charge in [-0.3, -0.25) is 4.79 Å². The number of carbonyl (C=O) groups excluding carboxylic acids is 1. The van der Waals surface area contributed by atoms with Gasteiger partial charge < -0.3 is 10.4 Å². The van der Waals surface area contributed by atoms with E-state index in [0.29, 0.717) is 6.42 Å². The fourth-order valence-corrected chi connectivity index (χ4v) is 4.65. The number of hydrogen-bond donors (Lipinski definition) is 2. The summed E-state index contributed by atoms with van der Waals surface area (Å²) in [7, 11) is 0. The van der Waals surface area contributed by atoms with Crippen LogP contribution in [-0.2, 0) is 4.79 Å². The Labute approximate surface area is 180 Å². The molecule has 0 saturated carbocycles. The van der Waals surface area contributed by atoms with Gasteiger partial charge in [0.05, 0.1) is 16.9 Å². The van der Waals surface area contributed by atoms with E-state index in [0.717, 1.165) is 52.4 Å². The molecule has 0 unspecified atom stereocenters. The molecule has 3 aromatic rings. The second-order valence-electron chi connectivity index (χ2n) is 8.25. The van der Waals surface area contributed by atoms with Crippen molar-refractivity contribution in [2.24, 2.45) is 0 Å². The summed E-state index contributed by atoms with van der Waals surface area (Å²) in [5.74, 6) is -0.202. The molecule has 1 aliphatic carbocycles. The van der Waals surface area contributed by atoms with Crippen LogP contribution in [0.5, 0.6) is 0 Å². The number of aromatic nitrogens is 2. The maximum Gasteiger partial charge on any atom is 0.335 e. The molecule has 31 heavy (non-hydrogen) atoms. The summed E-state index contributed by atoms with van der Waals surface area (Å²) < 4.78 is 1.91. The summed E-state index contributed by atoms with van der Waals surface area (Å²) in [6.45, 7) is 4.01. The molecule has 2 aromatic carbocycles. The van der Waals surface area contributed by atoms with E-state index in [1.165, 1.54) is 5.56 Å². The molecular weight excluding hydrogens is 390 g/mol. The first-order valence-corrected chi connectivity index (χ1v) is 10.5. The highest BCUT2D eigenvalue weighted by atomic mass is 16.4. The molecule has 1 aliphatic heterocycles. The fourth-order valence-electron chi connectivity index (χ4n) is 4.65. The molecule has 2 heterocycles. The van der Waals surface area contributed by atoms with E-state index in [9.17, 15) is 14.7 Å². The van der Waals surface area contributed by atoms with Gasteiger partial charge in [-0.05, 0) is 56.5 Å². The van der Waals surface area contributed by atoms with Crippen molar-refractivity contribution in [2.45, 2.75) is 39.0 Å². The smallest absolute Gasteiger partial charge is 0.335 e. The first-order chi connectivity index (χ1) is 14.9. The standard InChI is InChI=1S/C25H23N3O3/c1-14-6-12-18(13-7-14)28-24-21(15(2)27-28)22(16-8-10-17(11-9-16)25(30)31)23-19(26-24)4-3-5-20(23)29/h6-13,22,26H,3-5H2,1-2H3,(H,30,31)/t22-/m0/s1. The number of fused-ring (bicyclic) bond motifs is 1. The second kappa shape index (κ2) is 7.23. The molecule has 0 amide bonds. The van der Waals surface area contributed by atoms with Crippen molar-refractivity contribution in [1.29, 1.82) is 0 Å². The third-order valence-electron chi connectivity index (χ3n) is 6.18. The molecule has 1 aromatic heterocycles. The Balaban J connectivity index is 1.71. The Hall–Kier alpha value is -3.67. The van der Waals surface area contributed by atoms with Gasteiger partial charge in [-0.15, -0.1) is 0 Å². The van der Waals surface area contributed by atoms with Gasteiger partial charge in [0.2, 0.25) is 0 Å². The van der Waals surface area contributed by atoms with Crippen LogP contribution in [0.1, 0.15) is 57.9 Å². The van der Waals surface area contributed by atoms with E-state index in [4.69, 9.17) is 5.10 Å². The number of rotatable bonds is 3. The number of allylic oxidation sites excluding steroid dienone is 2. The van der Waals surface area contributed by atoms with Gasteiger partial charge in [0.15, 0.2) is 5.78 Å². The number of carboxylic acids is 1. The van der Waals surface area contributed by atoms with Gasteiger partial charge in [-0.1, -0.05) is 29.8 Å². The highest BCUT2D eigenvalue weighted by Gasteiger charge is 2.38. The molecule has 0 saturated heterocycles. The normalized spacial score (nSPS) is 17.7. The summed E-state index contributed by atoms with van der Waals surface area (Å²) in [5, 5.41) is 17.6. The Kier molecular flexibility index (Phi) is 4.50. The Morgan fingerprint density at radius 1 is 1.06 bits per heavy atom. The third kappa shape index (κ3) is 3.15. The SMILES string of the molecule is Cc1ccc(-n2nc(C)c3c2NC2=C(C(=O)CCC2)[C@H]3c2ccc(C(=O)O)cc2)cc1. The molecule has 2 aliphatic rings. The minimum Gasteiger partial charge on any atom is -0.478 e. The van der Waals surface area contributed by atoms with Crippen molar-refractivity contribution in [1.82, 2.24) is 9.78 Å². The largest absolute Gasteiger partial charge is 0.478 e. The molecule has 0 bridgehead atoms. The molecule has 0 fully saturated rings. The number of aromatic carboxylic acids is 1. The zero-order chi connectivity index (χ0) is 21.7. The lowest BCUT2D eigenvalue weighted by Gasteiger charge is -2.33. The van der Waals surface area contributed by atoms with E-state index < -0.39 is 5.97 Å². The van der Waals surface area contributed by atoms with Crippen molar-refractivity contribution < 1.29 is 14.7 Å². The lowest BCUT2D eigenvalue weighted by Crippen LogP contribution is -2.27. The van der Waals surface area contributed by atoms with Gasteiger partial charge in [0, 0.05) is 29.2 Å². The van der Waals surface area contributed by atoms with E-state index in [1.807, 2.05) is 42.8 Å². The lowest BCUT2D eigenvalue weighted by atomic mass is 9.76. The first kappa shape index (κ1) is 19.3. The van der Waals surface area contributed by atoms with Crippen molar-refractivity contribution >= 4 is 17.6 Å². The number of ketones is 1. The average molecular weight is 413 g/mol. The topological polar surface area (TPSA) is 84.2 Å². The van der Waals surface area contributed by atoms with Crippen molar-refractivity contribution in [3.05, 3.63) is 87.7 Å². The number of nitrogens with zero attached hydrogens (tertiary/aromatic N) is 2. The maximum atomic E-state index is 13.0. The molecule has 0 spiro atoms. The minimum atomic E-state index is -0.963. The number of benzene rings is 2. The Morgan fingerprint density at radius 3 is 2.45 bits per heavy atom. The number of carboxylic acid groups (broad SMARTS) is 1. The summed E-state index contributed by atoms with van der Waals surface area (Å²) in [6.07, 6.45) is 2.16. The van der Waals surface area contributed by atoms with E-state index in [1.54, 1.807) is 12.1 Å². The molecule has 1 atom stereocenters. The number of hydrogen-bond acceptors (Lipinski definition) is 4. The van der Waals surface area contributed by atoms with Crippen LogP contribution in [0, 0.1) is 13.8 Å². The summed E-state index contributed by atoms with van der Waals surface area (Å²) in [5.41, 5.74) is 6.81. The molecule has 5 rings (SSSR count). The Morgan fingerprint density at radius 2 is 1.77 bits per heavy atom. The summed E-state index contributed by atoms with van der Waals surface area (Å²) in [4.78, 5) is 24.3. The van der Waals surface area contributed by atoms with Gasteiger partial charge in [0.1, 0.15) is 5.82 Å². The number of anilines is 1. The van der Waals surface area contributed by atoms with Crippen LogP contribution >= 0.6 is 0 Å². The quantitative estimate of drug-likeness (QED) is 0.647. The van der Waals surface area contributed by atoms with Crippen LogP contribution in [0.15, 0.2) is 59.8 Å². The zero-order valence-corrected chi connectivity index (χ0v) is 17.5. The van der Waals surface area contributed by atoms with Crippen molar-refractivity contribution in [3.63, 3.8) is 0 Å². The Bertz CT molecular complexity index is 1230. The zero-order valence-electron chi connectivity index (χ0n) is 17.5. The third-order valence-corrected chi connectivity index (χ3v) is 6.18. The molecule has 156 valence electrons. The van der Waals surface area contributed by atoms with Crippen LogP contribution in [0.25, 0.3) is 5.69 Å². The predicted octanol–water partition coefficient (Wildman–Crippen LogP) is 4.75. The molecule has 0 radical (unpaired) electrons. The molecular formula is C25H23N3O3. The average Bonchev–Trinajstić information content (AvgIpc) is 3.09. The van der Waals surface area contributed by atoms with Crippen LogP contribution in [0.2, 0.25) is 0 Å². The number of aryl methyl sites for hydroxylation is 2. The van der Waals surface area contributed by atoms with E-state index in [2.05, 4.69) is 17.4 Å². The lowest BCUT2D eigenvalue weighted by molar-refractivity contribution is -0.116. The minimum absolute atomic E-state index is 0.147. The van der Waals surface area contributed by atoms with E-state index in [-0.39, 0.29) is 17.3 Å². The van der Waals surface area contributed by atoms with Gasteiger partial charge in [0.25, 0.3) is 0 Å². The maximum absolute atomic E-state index is 13.0. The molecule has 6 heteroatoms. The van der Waals surface area contributed by atoms with Crippen LogP contribution in [0.3, 0.4) is 0 Å². The predicted molar refractivity (Wildman–Crippen MR) is 118 cm³/mol. The van der Waals surface area contributed by atoms with Gasteiger partial charge in [-0.2, -0.15) is 5.10 Å². The fraction of sp³-hybridized carbons (Fsp3) is 0.240. The summed E-state index contributed by atoms with van der Waals surface area (Å²) in [6, 6.07) is 15.0. The highest BCUT2D eigenvalue weighted by molar-refractivity contribution is 6.01. The van der Waals surface area contributed by atoms with Gasteiger partial charge >= 0.3 is 5.97 Å². The van der Waals surface area contributed by atoms with E-state index >= 15 is 0 Å². The van der Waals surface area contributed by atoms with Gasteiger partial charge in [-0.25, -0.2) is 9.48 Å². The highest BCUT2D eigenvalue weighted by Crippen LogP contribution is 2.47. The number of nitrogens with one attached hydrogen (secondary N) is 1. The van der Waals surface area contributed by atoms with Crippen LogP contribution in [-0.4, -0.2) is 26.6 Å². The van der Waals surface area contributed by atoms with Crippen LogP contribution in [0.4, 0.5) is 5.82 Å². The molecule has 6 nitrogen and oxygen atoms in total. The van der Waals surface area contributed by atoms with Crippen LogP contribution < -0.4 is 5.32 Å². The second-order valence-corrected chi connectivity index (χ2v) is 8.25. The summed E-state index contributed by atoms with van der Waals surface area (Å²) >= 11 is 0. The first-order valence-electron chi connectivity index (χ1n) is 10.5. The monoisotopic (exact) mass is 413 g/mol. The number of carbonyl (C=O) groups is 2. The number of Topliss-reactive ketones (excluding diaryl/α,β-unsaturated/α-hetero) is 1. The van der Waals surface area contributed by atoms with Crippen molar-refractivity contribution in [2.75, 3.05) is 5.32 Å². The molecule has 2 N–H and O–H groups in total. The van der Waals surface area contributed by atoms with Crippen molar-refractivity contribution in [3.8, 4) is 5.69 Å².